The Morgan fingerprint density at radius 3 is 2.34 bits per heavy atom. The quantitative estimate of drug-likeness (QED) is 0.468. The van der Waals surface area contributed by atoms with Crippen LogP contribution in [-0.2, 0) is 6.54 Å². The number of nitrogen functional groups attached to an aromatic ring is 1. The Balaban J connectivity index is 1.83. The first kappa shape index (κ1) is 19.7. The fourth-order valence-corrected chi connectivity index (χ4v) is 3.89. The molecule has 4 heterocycles. The average molecular weight is 427 g/mol. The second-order valence-corrected chi connectivity index (χ2v) is 7.66. The van der Waals surface area contributed by atoms with Crippen molar-refractivity contribution >= 4 is 11.6 Å². The third-order valence-corrected chi connectivity index (χ3v) is 5.15. The molecule has 0 aliphatic carbocycles. The molecule has 0 aliphatic rings. The summed E-state index contributed by atoms with van der Waals surface area (Å²) in [6.45, 7) is 5.76. The summed E-state index contributed by atoms with van der Waals surface area (Å²) in [5.74, 6) is 0.588. The van der Waals surface area contributed by atoms with Crippen LogP contribution in [0.1, 0.15) is 23.0 Å². The number of oxazole rings is 1. The van der Waals surface area contributed by atoms with Crippen LogP contribution in [0.25, 0.3) is 28.0 Å². The molecule has 0 saturated heterocycles. The summed E-state index contributed by atoms with van der Waals surface area (Å²) >= 11 is 0. The van der Waals surface area contributed by atoms with Gasteiger partial charge in [-0.25, -0.2) is 23.8 Å². The molecule has 9 heteroatoms. The highest BCUT2D eigenvalue weighted by molar-refractivity contribution is 5.90. The minimum Gasteiger partial charge on any atom is -0.449 e. The fraction of sp³-hybridized carbons (Fsp3) is 0.174. The molecule has 4 aromatic heterocycles. The van der Waals surface area contributed by atoms with E-state index in [0.29, 0.717) is 28.5 Å². The molecule has 32 heavy (non-hydrogen) atoms. The molecule has 0 unspecified atom stereocenters. The molecule has 0 spiro atoms. The highest BCUT2D eigenvalue weighted by atomic mass is 16.3. The van der Waals surface area contributed by atoms with E-state index in [9.17, 15) is 4.79 Å². The van der Waals surface area contributed by atoms with Crippen molar-refractivity contribution in [2.45, 2.75) is 27.3 Å². The van der Waals surface area contributed by atoms with Gasteiger partial charge in [0.1, 0.15) is 12.0 Å². The SMILES string of the molecule is Cc1cc(-c2c(-c3ccccc3)nc(N)n3c(=O)n(Cc4coc(C)n4)nc23)cc(C)n1. The van der Waals surface area contributed by atoms with E-state index in [4.69, 9.17) is 10.2 Å². The van der Waals surface area contributed by atoms with Crippen LogP contribution in [0.2, 0.25) is 0 Å². The van der Waals surface area contributed by atoms with Gasteiger partial charge in [0.2, 0.25) is 5.95 Å². The van der Waals surface area contributed by atoms with Gasteiger partial charge in [0.05, 0.1) is 17.8 Å². The van der Waals surface area contributed by atoms with Gasteiger partial charge >= 0.3 is 5.69 Å². The number of hydrogen-bond donors (Lipinski definition) is 1. The van der Waals surface area contributed by atoms with Crippen LogP contribution >= 0.6 is 0 Å². The number of nitrogens with zero attached hydrogens (tertiary/aromatic N) is 6. The Hall–Kier alpha value is -4.27. The van der Waals surface area contributed by atoms with Crippen LogP contribution in [0.4, 0.5) is 5.95 Å². The van der Waals surface area contributed by atoms with Gasteiger partial charge in [-0.1, -0.05) is 30.3 Å². The summed E-state index contributed by atoms with van der Waals surface area (Å²) < 4.78 is 7.92. The van der Waals surface area contributed by atoms with Crippen molar-refractivity contribution in [1.29, 1.82) is 0 Å². The van der Waals surface area contributed by atoms with Crippen LogP contribution in [-0.4, -0.2) is 29.1 Å². The van der Waals surface area contributed by atoms with E-state index in [2.05, 4.69) is 20.1 Å². The zero-order chi connectivity index (χ0) is 22.4. The number of aromatic nitrogens is 6. The lowest BCUT2D eigenvalue weighted by Crippen LogP contribution is -2.23. The van der Waals surface area contributed by atoms with Gasteiger partial charge < -0.3 is 10.2 Å². The van der Waals surface area contributed by atoms with E-state index in [1.807, 2.05) is 56.3 Å². The maximum atomic E-state index is 13.2. The number of hydrogen-bond acceptors (Lipinski definition) is 7. The molecule has 5 aromatic rings. The summed E-state index contributed by atoms with van der Waals surface area (Å²) in [5.41, 5.74) is 11.7. The zero-order valence-electron chi connectivity index (χ0n) is 17.9. The maximum absolute atomic E-state index is 13.2. The average Bonchev–Trinajstić information content (AvgIpc) is 3.31. The summed E-state index contributed by atoms with van der Waals surface area (Å²) in [7, 11) is 0. The molecule has 9 nitrogen and oxygen atoms in total. The molecule has 0 saturated carbocycles. The largest absolute Gasteiger partial charge is 0.449 e. The van der Waals surface area contributed by atoms with Gasteiger partial charge in [-0.15, -0.1) is 5.10 Å². The minimum absolute atomic E-state index is 0.0673. The van der Waals surface area contributed by atoms with E-state index in [-0.39, 0.29) is 12.5 Å². The van der Waals surface area contributed by atoms with Crippen LogP contribution in [0.15, 0.2) is 57.9 Å². The second-order valence-electron chi connectivity index (χ2n) is 7.66. The predicted octanol–water partition coefficient (Wildman–Crippen LogP) is 3.16. The molecule has 0 radical (unpaired) electrons. The number of pyridine rings is 1. The first-order chi connectivity index (χ1) is 15.4. The molecule has 0 bridgehead atoms. The standard InChI is InChI=1S/C23H21N7O2/c1-13-9-17(10-14(2)25-13)19-20(16-7-5-4-6-8-16)27-22(24)30-21(19)28-29(23(30)31)11-18-12-32-15(3)26-18/h4-10,12H,11H2,1-3H3,(H2,24,27). The van der Waals surface area contributed by atoms with Gasteiger partial charge in [0.25, 0.3) is 0 Å². The Morgan fingerprint density at radius 2 is 1.69 bits per heavy atom. The molecule has 1 aromatic carbocycles. The fourth-order valence-electron chi connectivity index (χ4n) is 3.89. The van der Waals surface area contributed by atoms with Gasteiger partial charge in [-0.2, -0.15) is 0 Å². The Labute approximate surface area is 183 Å². The summed E-state index contributed by atoms with van der Waals surface area (Å²) in [5, 5.41) is 4.64. The van der Waals surface area contributed by atoms with Crippen molar-refractivity contribution in [1.82, 2.24) is 29.1 Å². The van der Waals surface area contributed by atoms with E-state index in [1.165, 1.54) is 15.3 Å². The number of nitrogens with two attached hydrogens (primary N) is 1. The van der Waals surface area contributed by atoms with Crippen LogP contribution in [0.5, 0.6) is 0 Å². The predicted molar refractivity (Wildman–Crippen MR) is 120 cm³/mol. The smallest absolute Gasteiger partial charge is 0.353 e. The Kier molecular flexibility index (Phi) is 4.58. The van der Waals surface area contributed by atoms with Crippen molar-refractivity contribution in [2.75, 3.05) is 5.73 Å². The Bertz CT molecular complexity index is 1490. The molecule has 0 atom stereocenters. The first-order valence-electron chi connectivity index (χ1n) is 10.1. The van der Waals surface area contributed by atoms with Crippen molar-refractivity contribution in [2.24, 2.45) is 0 Å². The molecular formula is C23H21N7O2. The summed E-state index contributed by atoms with van der Waals surface area (Å²) in [4.78, 5) is 26.6. The van der Waals surface area contributed by atoms with E-state index in [0.717, 1.165) is 22.5 Å². The van der Waals surface area contributed by atoms with E-state index in [1.54, 1.807) is 6.92 Å². The molecular weight excluding hydrogens is 406 g/mol. The third kappa shape index (κ3) is 3.33. The van der Waals surface area contributed by atoms with Crippen LogP contribution in [0, 0.1) is 20.8 Å². The highest BCUT2D eigenvalue weighted by Gasteiger charge is 2.22. The lowest BCUT2D eigenvalue weighted by molar-refractivity contribution is 0.519. The van der Waals surface area contributed by atoms with Crippen LogP contribution < -0.4 is 11.4 Å². The molecule has 0 aliphatic heterocycles. The number of rotatable bonds is 4. The van der Waals surface area contributed by atoms with Crippen molar-refractivity contribution in [3.63, 3.8) is 0 Å². The van der Waals surface area contributed by atoms with Gasteiger partial charge in [-0.05, 0) is 31.5 Å². The third-order valence-electron chi connectivity index (χ3n) is 5.15. The number of aryl methyl sites for hydroxylation is 3. The lowest BCUT2D eigenvalue weighted by atomic mass is 9.99. The number of fused-ring (bicyclic) bond motifs is 1. The topological polar surface area (TPSA) is 117 Å². The zero-order valence-corrected chi connectivity index (χ0v) is 17.9. The highest BCUT2D eigenvalue weighted by Crippen LogP contribution is 2.34. The van der Waals surface area contributed by atoms with Gasteiger partial charge in [0, 0.05) is 23.9 Å². The van der Waals surface area contributed by atoms with Gasteiger partial charge in [0.15, 0.2) is 11.5 Å². The second kappa shape index (κ2) is 7.45. The first-order valence-corrected chi connectivity index (χ1v) is 10.1. The van der Waals surface area contributed by atoms with Crippen molar-refractivity contribution in [3.05, 3.63) is 82.2 Å². The maximum Gasteiger partial charge on any atom is 0.353 e. The molecule has 5 rings (SSSR count). The summed E-state index contributed by atoms with van der Waals surface area (Å²) in [6, 6.07) is 13.6. The molecule has 2 N–H and O–H groups in total. The molecule has 0 amide bonds. The van der Waals surface area contributed by atoms with E-state index >= 15 is 0 Å². The molecule has 0 fully saturated rings. The number of benzene rings is 1. The van der Waals surface area contributed by atoms with E-state index < -0.39 is 5.69 Å². The molecule has 160 valence electrons. The summed E-state index contributed by atoms with van der Waals surface area (Å²) in [6.07, 6.45) is 1.51. The lowest BCUT2D eigenvalue weighted by Gasteiger charge is -2.13. The van der Waals surface area contributed by atoms with Gasteiger partial charge in [-0.3, -0.25) is 4.98 Å². The normalized spacial score (nSPS) is 11.3. The minimum atomic E-state index is -0.394. The van der Waals surface area contributed by atoms with Crippen molar-refractivity contribution < 1.29 is 4.42 Å². The Morgan fingerprint density at radius 1 is 0.969 bits per heavy atom. The number of anilines is 1. The monoisotopic (exact) mass is 427 g/mol. The van der Waals surface area contributed by atoms with Crippen LogP contribution in [0.3, 0.4) is 0 Å². The van der Waals surface area contributed by atoms with Crippen molar-refractivity contribution in [3.8, 4) is 22.4 Å².